The first kappa shape index (κ1) is 13.4. The van der Waals surface area contributed by atoms with Gasteiger partial charge in [0, 0.05) is 23.9 Å². The zero-order valence-corrected chi connectivity index (χ0v) is 11.1. The quantitative estimate of drug-likeness (QED) is 0.460. The van der Waals surface area contributed by atoms with Crippen LogP contribution in [0.3, 0.4) is 0 Å². The minimum absolute atomic E-state index is 0.266. The normalized spacial score (nSPS) is 12.6. The molecule has 1 aromatic heterocycles. The van der Waals surface area contributed by atoms with E-state index in [-0.39, 0.29) is 5.76 Å². The zero-order valence-electron chi connectivity index (χ0n) is 10.3. The monoisotopic (exact) mass is 250 g/mol. The third-order valence-corrected chi connectivity index (χ3v) is 2.73. The largest absolute Gasteiger partial charge is 0.422 e. The molecule has 0 saturated heterocycles. The number of nitriles is 1. The fourth-order valence-electron chi connectivity index (χ4n) is 1.24. The highest BCUT2D eigenvalue weighted by Crippen LogP contribution is 2.33. The number of carbonyl (C=O) groups is 1. The second-order valence-electron chi connectivity index (χ2n) is 4.50. The van der Waals surface area contributed by atoms with Crippen molar-refractivity contribution in [2.45, 2.75) is 27.7 Å². The second-order valence-corrected chi connectivity index (χ2v) is 5.39. The number of thiazole rings is 1. The average molecular weight is 250 g/mol. The molecule has 0 aliphatic heterocycles. The Hall–Kier alpha value is -1.67. The van der Waals surface area contributed by atoms with E-state index in [1.54, 1.807) is 11.6 Å². The summed E-state index contributed by atoms with van der Waals surface area (Å²) in [5.74, 6) is -0.185. The van der Waals surface area contributed by atoms with Gasteiger partial charge in [-0.2, -0.15) is 5.26 Å². The maximum atomic E-state index is 11.1. The SMILES string of the molecule is CC(=O)O/C(=C(/C#N)C(C)(C)C)c1nccs1. The molecule has 0 unspecified atom stereocenters. The smallest absolute Gasteiger partial charge is 0.308 e. The van der Waals surface area contributed by atoms with Gasteiger partial charge >= 0.3 is 5.97 Å². The molecule has 0 amide bonds. The summed E-state index contributed by atoms with van der Waals surface area (Å²) in [5.41, 5.74) is 0.0215. The number of rotatable bonds is 2. The van der Waals surface area contributed by atoms with Crippen molar-refractivity contribution in [3.63, 3.8) is 0 Å². The van der Waals surface area contributed by atoms with Crippen LogP contribution in [-0.4, -0.2) is 11.0 Å². The molecule has 0 aromatic carbocycles. The third kappa shape index (κ3) is 3.40. The molecule has 0 saturated carbocycles. The molecule has 17 heavy (non-hydrogen) atoms. The van der Waals surface area contributed by atoms with Crippen LogP contribution in [-0.2, 0) is 9.53 Å². The molecule has 1 heterocycles. The van der Waals surface area contributed by atoms with Crippen LogP contribution in [0.2, 0.25) is 0 Å². The lowest BCUT2D eigenvalue weighted by molar-refractivity contribution is -0.134. The summed E-state index contributed by atoms with van der Waals surface area (Å²) in [6.07, 6.45) is 1.61. The van der Waals surface area contributed by atoms with Gasteiger partial charge in [0.1, 0.15) is 0 Å². The maximum absolute atomic E-state index is 11.1. The van der Waals surface area contributed by atoms with Crippen molar-refractivity contribution >= 4 is 23.1 Å². The van der Waals surface area contributed by atoms with Crippen LogP contribution in [0.15, 0.2) is 17.2 Å². The van der Waals surface area contributed by atoms with Crippen LogP contribution in [0, 0.1) is 16.7 Å². The van der Waals surface area contributed by atoms with Crippen molar-refractivity contribution < 1.29 is 9.53 Å². The van der Waals surface area contributed by atoms with E-state index in [2.05, 4.69) is 11.1 Å². The van der Waals surface area contributed by atoms with E-state index < -0.39 is 11.4 Å². The first-order valence-electron chi connectivity index (χ1n) is 5.09. The number of carbonyl (C=O) groups excluding carboxylic acids is 1. The van der Waals surface area contributed by atoms with E-state index in [1.807, 2.05) is 20.8 Å². The van der Waals surface area contributed by atoms with Crippen molar-refractivity contribution in [1.29, 1.82) is 5.26 Å². The molecule has 0 aliphatic rings. The van der Waals surface area contributed by atoms with E-state index in [9.17, 15) is 10.1 Å². The Labute approximate surface area is 105 Å². The molecular formula is C12H14N2O2S. The van der Waals surface area contributed by atoms with Gasteiger partial charge in [-0.05, 0) is 0 Å². The molecule has 1 aromatic rings. The number of allylic oxidation sites excluding steroid dienone is 1. The molecule has 0 aliphatic carbocycles. The highest BCUT2D eigenvalue weighted by atomic mass is 32.1. The summed E-state index contributed by atoms with van der Waals surface area (Å²) < 4.78 is 5.14. The molecular weight excluding hydrogens is 236 g/mol. The molecule has 0 N–H and O–H groups in total. The van der Waals surface area contributed by atoms with E-state index in [1.165, 1.54) is 18.3 Å². The van der Waals surface area contributed by atoms with Crippen molar-refractivity contribution in [3.8, 4) is 6.07 Å². The number of esters is 1. The molecule has 0 bridgehead atoms. The van der Waals surface area contributed by atoms with E-state index >= 15 is 0 Å². The van der Waals surface area contributed by atoms with Crippen LogP contribution in [0.1, 0.15) is 32.7 Å². The summed E-state index contributed by atoms with van der Waals surface area (Å²) in [6, 6.07) is 2.10. The van der Waals surface area contributed by atoms with Gasteiger partial charge in [0.05, 0.1) is 11.6 Å². The molecule has 0 fully saturated rings. The molecule has 4 nitrogen and oxygen atoms in total. The minimum atomic E-state index is -0.452. The summed E-state index contributed by atoms with van der Waals surface area (Å²) in [7, 11) is 0. The number of ether oxygens (including phenoxy) is 1. The summed E-state index contributed by atoms with van der Waals surface area (Å²) in [4.78, 5) is 15.2. The van der Waals surface area contributed by atoms with Crippen molar-refractivity contribution in [2.75, 3.05) is 0 Å². The van der Waals surface area contributed by atoms with Crippen LogP contribution < -0.4 is 0 Å². The Balaban J connectivity index is 3.36. The van der Waals surface area contributed by atoms with Crippen molar-refractivity contribution in [3.05, 3.63) is 22.2 Å². The van der Waals surface area contributed by atoms with Gasteiger partial charge in [-0.3, -0.25) is 4.79 Å². The van der Waals surface area contributed by atoms with Gasteiger partial charge in [-0.15, -0.1) is 11.3 Å². The van der Waals surface area contributed by atoms with Crippen molar-refractivity contribution in [1.82, 2.24) is 4.98 Å². The van der Waals surface area contributed by atoms with Crippen LogP contribution in [0.25, 0.3) is 5.76 Å². The summed E-state index contributed by atoms with van der Waals surface area (Å²) in [6.45, 7) is 6.99. The van der Waals surface area contributed by atoms with Gasteiger partial charge < -0.3 is 4.74 Å². The molecule has 0 spiro atoms. The standard InChI is InChI=1S/C12H14N2O2S/c1-8(15)16-10(11-14-5-6-17-11)9(7-13)12(2,3)4/h5-6H,1-4H3/b10-9-. The highest BCUT2D eigenvalue weighted by molar-refractivity contribution is 7.10. The molecule has 0 radical (unpaired) electrons. The second kappa shape index (κ2) is 5.11. The van der Waals surface area contributed by atoms with E-state index in [4.69, 9.17) is 4.74 Å². The predicted octanol–water partition coefficient (Wildman–Crippen LogP) is 2.99. The van der Waals surface area contributed by atoms with E-state index in [0.717, 1.165) is 0 Å². The molecule has 5 heteroatoms. The lowest BCUT2D eigenvalue weighted by Gasteiger charge is -2.19. The Morgan fingerprint density at radius 2 is 2.18 bits per heavy atom. The highest BCUT2D eigenvalue weighted by Gasteiger charge is 2.25. The number of nitrogens with zero attached hydrogens (tertiary/aromatic N) is 2. The lowest BCUT2D eigenvalue weighted by Crippen LogP contribution is -2.13. The van der Waals surface area contributed by atoms with Crippen LogP contribution in [0.5, 0.6) is 0 Å². The molecule has 0 atom stereocenters. The molecule has 90 valence electrons. The minimum Gasteiger partial charge on any atom is -0.422 e. The number of hydrogen-bond acceptors (Lipinski definition) is 5. The van der Waals surface area contributed by atoms with Crippen molar-refractivity contribution in [2.24, 2.45) is 5.41 Å². The Kier molecular flexibility index (Phi) is 4.02. The maximum Gasteiger partial charge on any atom is 0.308 e. The Morgan fingerprint density at radius 3 is 2.53 bits per heavy atom. The van der Waals surface area contributed by atoms with E-state index in [0.29, 0.717) is 10.6 Å². The average Bonchev–Trinajstić information content (AvgIpc) is 2.66. The summed E-state index contributed by atoms with van der Waals surface area (Å²) >= 11 is 1.34. The van der Waals surface area contributed by atoms with Crippen LogP contribution >= 0.6 is 11.3 Å². The lowest BCUT2D eigenvalue weighted by atomic mass is 9.86. The van der Waals surface area contributed by atoms with Crippen LogP contribution in [0.4, 0.5) is 0 Å². The van der Waals surface area contributed by atoms with Gasteiger partial charge in [0.25, 0.3) is 0 Å². The van der Waals surface area contributed by atoms with Gasteiger partial charge in [-0.25, -0.2) is 4.98 Å². The Bertz CT molecular complexity index is 476. The molecule has 1 rings (SSSR count). The Morgan fingerprint density at radius 1 is 1.53 bits per heavy atom. The van der Waals surface area contributed by atoms with Gasteiger partial charge in [0.2, 0.25) is 0 Å². The van der Waals surface area contributed by atoms with Gasteiger partial charge in [0.15, 0.2) is 10.8 Å². The fraction of sp³-hybridized carbons (Fsp3) is 0.417. The first-order valence-corrected chi connectivity index (χ1v) is 5.97. The topological polar surface area (TPSA) is 63.0 Å². The third-order valence-electron chi connectivity index (χ3n) is 1.96. The summed E-state index contributed by atoms with van der Waals surface area (Å²) in [5, 5.41) is 11.5. The zero-order chi connectivity index (χ0) is 13.1. The van der Waals surface area contributed by atoms with Gasteiger partial charge in [-0.1, -0.05) is 20.8 Å². The number of hydrogen-bond donors (Lipinski definition) is 0. The fourth-order valence-corrected chi connectivity index (χ4v) is 1.86. The first-order chi connectivity index (χ1) is 7.86. The number of aromatic nitrogens is 1. The predicted molar refractivity (Wildman–Crippen MR) is 65.9 cm³/mol.